The fourth-order valence-corrected chi connectivity index (χ4v) is 5.59. The van der Waals surface area contributed by atoms with Crippen molar-refractivity contribution in [3.05, 3.63) is 17.7 Å². The number of benzene rings is 1. The zero-order chi connectivity index (χ0) is 24.7. The van der Waals surface area contributed by atoms with Gasteiger partial charge in [0.15, 0.2) is 0 Å². The zero-order valence-corrected chi connectivity index (χ0v) is 21.6. The summed E-state index contributed by atoms with van der Waals surface area (Å²) in [7, 11) is 1.71. The lowest BCUT2D eigenvalue weighted by Gasteiger charge is -2.32. The van der Waals surface area contributed by atoms with Gasteiger partial charge in [-0.05, 0) is 63.7 Å². The first-order valence-corrected chi connectivity index (χ1v) is 13.7. The molecule has 0 spiro atoms. The normalized spacial score (nSPS) is 19.6. The number of piperidine rings is 1. The molecule has 8 nitrogen and oxygen atoms in total. The molecule has 36 heavy (non-hydrogen) atoms. The lowest BCUT2D eigenvalue weighted by atomic mass is 10.0. The van der Waals surface area contributed by atoms with Crippen molar-refractivity contribution in [2.75, 3.05) is 76.3 Å². The maximum absolute atomic E-state index is 9.26. The van der Waals surface area contributed by atoms with Gasteiger partial charge in [-0.15, -0.1) is 0 Å². The van der Waals surface area contributed by atoms with E-state index >= 15 is 0 Å². The van der Waals surface area contributed by atoms with Gasteiger partial charge in [0.1, 0.15) is 11.6 Å². The molecule has 0 unspecified atom stereocenters. The average molecular weight is 493 g/mol. The third-order valence-electron chi connectivity index (χ3n) is 7.71. The number of methoxy groups -OCH3 is 1. The first kappa shape index (κ1) is 25.1. The van der Waals surface area contributed by atoms with Crippen LogP contribution in [0.25, 0.3) is 10.9 Å². The van der Waals surface area contributed by atoms with E-state index in [1.807, 2.05) is 0 Å². The molecular formula is C28H40N6O2. The summed E-state index contributed by atoms with van der Waals surface area (Å²) in [6.45, 7) is 8.39. The Labute approximate surface area is 215 Å². The van der Waals surface area contributed by atoms with E-state index in [0.29, 0.717) is 6.04 Å². The van der Waals surface area contributed by atoms with Crippen molar-refractivity contribution < 1.29 is 9.84 Å². The Hall–Kier alpha value is -2.60. The van der Waals surface area contributed by atoms with Crippen LogP contribution < -0.4 is 15.0 Å². The van der Waals surface area contributed by atoms with Gasteiger partial charge in [0.05, 0.1) is 24.8 Å². The highest BCUT2D eigenvalue weighted by atomic mass is 16.5. The highest BCUT2D eigenvalue weighted by Gasteiger charge is 2.23. The van der Waals surface area contributed by atoms with Crippen molar-refractivity contribution >= 4 is 22.7 Å². The number of rotatable bonds is 8. The molecule has 0 aliphatic carbocycles. The monoisotopic (exact) mass is 492 g/mol. The van der Waals surface area contributed by atoms with E-state index in [2.05, 4.69) is 44.0 Å². The molecule has 2 N–H and O–H groups in total. The molecular weight excluding hydrogens is 452 g/mol. The molecule has 8 heteroatoms. The van der Waals surface area contributed by atoms with Crippen molar-refractivity contribution in [3.8, 4) is 17.6 Å². The summed E-state index contributed by atoms with van der Waals surface area (Å²) < 4.78 is 5.76. The minimum Gasteiger partial charge on any atom is -0.495 e. The smallest absolute Gasteiger partial charge is 0.227 e. The number of aliphatic hydroxyl groups is 1. The second-order valence-electron chi connectivity index (χ2n) is 10.2. The van der Waals surface area contributed by atoms with E-state index in [4.69, 9.17) is 14.7 Å². The van der Waals surface area contributed by atoms with Gasteiger partial charge in [-0.25, -0.2) is 4.98 Å². The fraction of sp³-hybridized carbons (Fsp3) is 0.643. The number of anilines is 2. The van der Waals surface area contributed by atoms with Crippen LogP contribution in [0.4, 0.5) is 11.8 Å². The Kier molecular flexibility index (Phi) is 8.42. The summed E-state index contributed by atoms with van der Waals surface area (Å²) in [5, 5.41) is 14.0. The van der Waals surface area contributed by atoms with Crippen LogP contribution in [0, 0.1) is 11.8 Å². The van der Waals surface area contributed by atoms with Crippen molar-refractivity contribution in [1.82, 2.24) is 19.8 Å². The van der Waals surface area contributed by atoms with Crippen LogP contribution in [0.5, 0.6) is 5.75 Å². The molecule has 3 aliphatic heterocycles. The van der Waals surface area contributed by atoms with E-state index in [-0.39, 0.29) is 6.61 Å². The predicted molar refractivity (Wildman–Crippen MR) is 145 cm³/mol. The standard InChI is InChI=1S/C28H40N6O2/c1-36-26-21-24-25(20-22(26)8-2-3-11-32-12-4-5-13-32)30-28(34-14-6-7-15-34)31-27(24)29-23-9-16-33(17-10-23)18-19-35/h20-21,23,35H,3-7,9-19H2,1H3,(H,29,30,31). The maximum Gasteiger partial charge on any atom is 0.227 e. The molecule has 194 valence electrons. The van der Waals surface area contributed by atoms with Gasteiger partial charge in [0.2, 0.25) is 5.95 Å². The summed E-state index contributed by atoms with van der Waals surface area (Å²) in [5.74, 6) is 9.19. The van der Waals surface area contributed by atoms with Gasteiger partial charge in [-0.1, -0.05) is 11.8 Å². The molecule has 0 amide bonds. The van der Waals surface area contributed by atoms with Crippen molar-refractivity contribution in [1.29, 1.82) is 0 Å². The van der Waals surface area contributed by atoms with Crippen LogP contribution in [-0.2, 0) is 0 Å². The first-order valence-electron chi connectivity index (χ1n) is 13.7. The maximum atomic E-state index is 9.26. The number of aliphatic hydroxyl groups excluding tert-OH is 1. The van der Waals surface area contributed by atoms with E-state index in [1.54, 1.807) is 7.11 Å². The van der Waals surface area contributed by atoms with Crippen LogP contribution in [0.2, 0.25) is 0 Å². The molecule has 0 radical (unpaired) electrons. The van der Waals surface area contributed by atoms with E-state index in [0.717, 1.165) is 92.5 Å². The summed E-state index contributed by atoms with van der Waals surface area (Å²) >= 11 is 0. The van der Waals surface area contributed by atoms with Crippen LogP contribution in [0.15, 0.2) is 12.1 Å². The number of likely N-dealkylation sites (tertiary alicyclic amines) is 2. The molecule has 4 heterocycles. The Morgan fingerprint density at radius 2 is 1.69 bits per heavy atom. The largest absolute Gasteiger partial charge is 0.495 e. The quantitative estimate of drug-likeness (QED) is 0.545. The number of β-amino-alcohol motifs (C(OH)–C–C–N with tert-alkyl or cyclic N) is 1. The molecule has 5 rings (SSSR count). The summed E-state index contributed by atoms with van der Waals surface area (Å²) in [6, 6.07) is 4.48. The zero-order valence-electron chi connectivity index (χ0n) is 21.6. The number of hydrogen-bond donors (Lipinski definition) is 2. The lowest BCUT2D eigenvalue weighted by molar-refractivity contribution is 0.168. The molecule has 0 saturated carbocycles. The molecule has 3 saturated heterocycles. The van der Waals surface area contributed by atoms with Gasteiger partial charge >= 0.3 is 0 Å². The number of aromatic nitrogens is 2. The minimum absolute atomic E-state index is 0.219. The van der Waals surface area contributed by atoms with Crippen molar-refractivity contribution in [3.63, 3.8) is 0 Å². The first-order chi connectivity index (χ1) is 17.7. The number of nitrogens with one attached hydrogen (secondary N) is 1. The molecule has 3 aliphatic rings. The number of fused-ring (bicyclic) bond motifs is 1. The van der Waals surface area contributed by atoms with Gasteiger partial charge in [0, 0.05) is 57.1 Å². The lowest BCUT2D eigenvalue weighted by Crippen LogP contribution is -2.40. The van der Waals surface area contributed by atoms with Crippen molar-refractivity contribution in [2.45, 2.75) is 51.0 Å². The molecule has 2 aromatic rings. The molecule has 0 atom stereocenters. The fourth-order valence-electron chi connectivity index (χ4n) is 5.59. The second-order valence-corrected chi connectivity index (χ2v) is 10.2. The predicted octanol–water partition coefficient (Wildman–Crippen LogP) is 2.94. The average Bonchev–Trinajstić information content (AvgIpc) is 3.62. The minimum atomic E-state index is 0.219. The summed E-state index contributed by atoms with van der Waals surface area (Å²) in [6.07, 6.45) is 7.91. The van der Waals surface area contributed by atoms with Crippen LogP contribution in [-0.4, -0.2) is 97.0 Å². The van der Waals surface area contributed by atoms with E-state index in [9.17, 15) is 5.11 Å². The van der Waals surface area contributed by atoms with Gasteiger partial charge in [0.25, 0.3) is 0 Å². The Morgan fingerprint density at radius 3 is 2.42 bits per heavy atom. The molecule has 0 bridgehead atoms. The third-order valence-corrected chi connectivity index (χ3v) is 7.71. The van der Waals surface area contributed by atoms with Crippen LogP contribution in [0.1, 0.15) is 50.5 Å². The summed E-state index contributed by atoms with van der Waals surface area (Å²) in [4.78, 5) is 17.1. The summed E-state index contributed by atoms with van der Waals surface area (Å²) in [5.41, 5.74) is 1.80. The third kappa shape index (κ3) is 6.03. The molecule has 3 fully saturated rings. The van der Waals surface area contributed by atoms with Gasteiger partial charge < -0.3 is 29.9 Å². The Balaban J connectivity index is 1.41. The number of hydrogen-bond acceptors (Lipinski definition) is 8. The van der Waals surface area contributed by atoms with Crippen molar-refractivity contribution in [2.24, 2.45) is 0 Å². The van der Waals surface area contributed by atoms with Gasteiger partial charge in [-0.3, -0.25) is 0 Å². The van der Waals surface area contributed by atoms with E-state index < -0.39 is 0 Å². The topological polar surface area (TPSA) is 77.0 Å². The molecule has 1 aromatic heterocycles. The number of ether oxygens (including phenoxy) is 1. The second kappa shape index (κ2) is 12.1. The highest BCUT2D eigenvalue weighted by molar-refractivity contribution is 5.93. The van der Waals surface area contributed by atoms with Crippen LogP contribution in [0.3, 0.4) is 0 Å². The highest BCUT2D eigenvalue weighted by Crippen LogP contribution is 2.32. The molecule has 1 aromatic carbocycles. The number of nitrogens with zero attached hydrogens (tertiary/aromatic N) is 5. The SMILES string of the molecule is COc1cc2c(NC3CCN(CCO)CC3)nc(N3CCCC3)nc2cc1C#CCCN1CCCC1. The van der Waals surface area contributed by atoms with E-state index in [1.165, 1.54) is 38.8 Å². The Morgan fingerprint density at radius 1 is 0.972 bits per heavy atom. The van der Waals surface area contributed by atoms with Crippen LogP contribution >= 0.6 is 0 Å². The Bertz CT molecular complexity index is 1080. The van der Waals surface area contributed by atoms with Gasteiger partial charge in [-0.2, -0.15) is 4.98 Å².